The van der Waals surface area contributed by atoms with Crippen LogP contribution in [0.2, 0.25) is 0 Å². The second-order valence-electron chi connectivity index (χ2n) is 4.96. The van der Waals surface area contributed by atoms with Crippen molar-refractivity contribution in [2.45, 2.75) is 32.9 Å². The van der Waals surface area contributed by atoms with Gasteiger partial charge in [-0.15, -0.1) is 11.3 Å². The minimum absolute atomic E-state index is 0.0177. The fraction of sp³-hybridized carbons (Fsp3) is 0.400. The number of thiazole rings is 1. The van der Waals surface area contributed by atoms with E-state index in [0.29, 0.717) is 0 Å². The predicted molar refractivity (Wildman–Crippen MR) is 81.4 cm³/mol. The first kappa shape index (κ1) is 14.2. The van der Waals surface area contributed by atoms with E-state index in [4.69, 9.17) is 5.73 Å². The zero-order valence-electron chi connectivity index (χ0n) is 11.7. The average Bonchev–Trinajstić information content (AvgIpc) is 2.83. The Morgan fingerprint density at radius 2 is 1.95 bits per heavy atom. The number of hydrogen-bond acceptors (Lipinski definition) is 4. The first-order valence-corrected chi connectivity index (χ1v) is 7.36. The highest BCUT2D eigenvalue weighted by atomic mass is 32.1. The molecule has 0 amide bonds. The Labute approximate surface area is 118 Å². The van der Waals surface area contributed by atoms with E-state index in [1.54, 1.807) is 11.3 Å². The van der Waals surface area contributed by atoms with Crippen molar-refractivity contribution in [3.05, 3.63) is 51.5 Å². The van der Waals surface area contributed by atoms with Crippen molar-refractivity contribution in [2.75, 3.05) is 6.54 Å². The minimum atomic E-state index is 0.0177. The molecule has 0 saturated carbocycles. The molecule has 0 fully saturated rings. The van der Waals surface area contributed by atoms with Crippen LogP contribution in [0.25, 0.3) is 0 Å². The average molecular weight is 275 g/mol. The summed E-state index contributed by atoms with van der Waals surface area (Å²) in [7, 11) is 0. The summed E-state index contributed by atoms with van der Waals surface area (Å²) in [6.07, 6.45) is 1.91. The molecule has 1 aromatic heterocycles. The quantitative estimate of drug-likeness (QED) is 0.881. The first-order chi connectivity index (χ1) is 9.06. The normalized spacial score (nSPS) is 14.3. The molecule has 3 N–H and O–H groups in total. The second-order valence-corrected chi connectivity index (χ2v) is 6.22. The lowest BCUT2D eigenvalue weighted by Crippen LogP contribution is -2.29. The summed E-state index contributed by atoms with van der Waals surface area (Å²) in [5, 5.41) is 4.57. The van der Waals surface area contributed by atoms with Crippen LogP contribution in [0.3, 0.4) is 0 Å². The lowest BCUT2D eigenvalue weighted by Gasteiger charge is -2.16. The van der Waals surface area contributed by atoms with Crippen molar-refractivity contribution in [1.82, 2.24) is 10.3 Å². The van der Waals surface area contributed by atoms with Crippen LogP contribution in [0.1, 0.15) is 40.0 Å². The van der Waals surface area contributed by atoms with E-state index in [1.807, 2.05) is 6.20 Å². The Hall–Kier alpha value is -1.23. The molecule has 1 heterocycles. The monoisotopic (exact) mass is 275 g/mol. The van der Waals surface area contributed by atoms with E-state index in [9.17, 15) is 0 Å². The van der Waals surface area contributed by atoms with Crippen LogP contribution in [-0.2, 0) is 0 Å². The summed E-state index contributed by atoms with van der Waals surface area (Å²) in [6, 6.07) is 8.66. The minimum Gasteiger partial charge on any atom is -0.323 e. The maximum absolute atomic E-state index is 6.20. The molecule has 2 unspecified atom stereocenters. The molecule has 2 aromatic rings. The van der Waals surface area contributed by atoms with Crippen molar-refractivity contribution in [1.29, 1.82) is 0 Å². The first-order valence-electron chi connectivity index (χ1n) is 6.54. The summed E-state index contributed by atoms with van der Waals surface area (Å²) >= 11 is 1.73. The highest BCUT2D eigenvalue weighted by Gasteiger charge is 2.11. The van der Waals surface area contributed by atoms with Crippen LogP contribution in [0.15, 0.2) is 30.5 Å². The van der Waals surface area contributed by atoms with Gasteiger partial charge in [0.15, 0.2) is 0 Å². The van der Waals surface area contributed by atoms with Crippen LogP contribution < -0.4 is 11.1 Å². The Kier molecular flexibility index (Phi) is 4.69. The SMILES string of the molecule is Cc1ccc(C(N)CNC(C)c2ncc(C)s2)cc1. The number of benzene rings is 1. The van der Waals surface area contributed by atoms with Gasteiger partial charge in [-0.2, -0.15) is 0 Å². The summed E-state index contributed by atoms with van der Waals surface area (Å²) in [5.41, 5.74) is 8.62. The molecule has 2 rings (SSSR count). The molecule has 4 heteroatoms. The van der Waals surface area contributed by atoms with Crippen LogP contribution in [-0.4, -0.2) is 11.5 Å². The molecular weight excluding hydrogens is 254 g/mol. The van der Waals surface area contributed by atoms with Crippen molar-refractivity contribution in [3.63, 3.8) is 0 Å². The molecular formula is C15H21N3S. The van der Waals surface area contributed by atoms with Gasteiger partial charge in [-0.25, -0.2) is 4.98 Å². The molecule has 0 bridgehead atoms. The van der Waals surface area contributed by atoms with Gasteiger partial charge < -0.3 is 11.1 Å². The summed E-state index contributed by atoms with van der Waals surface area (Å²) < 4.78 is 0. The van der Waals surface area contributed by atoms with Crippen molar-refractivity contribution in [2.24, 2.45) is 5.73 Å². The summed E-state index contributed by atoms with van der Waals surface area (Å²) in [6.45, 7) is 7.04. The molecule has 0 radical (unpaired) electrons. The van der Waals surface area contributed by atoms with Gasteiger partial charge in [0, 0.05) is 23.7 Å². The van der Waals surface area contributed by atoms with E-state index < -0.39 is 0 Å². The van der Waals surface area contributed by atoms with Crippen LogP contribution in [0, 0.1) is 13.8 Å². The van der Waals surface area contributed by atoms with E-state index in [2.05, 4.69) is 55.3 Å². The maximum atomic E-state index is 6.20. The Morgan fingerprint density at radius 1 is 1.26 bits per heavy atom. The third-order valence-corrected chi connectivity index (χ3v) is 4.25. The zero-order valence-corrected chi connectivity index (χ0v) is 12.5. The fourth-order valence-electron chi connectivity index (χ4n) is 1.89. The van der Waals surface area contributed by atoms with E-state index in [-0.39, 0.29) is 12.1 Å². The molecule has 102 valence electrons. The zero-order chi connectivity index (χ0) is 13.8. The molecule has 2 atom stereocenters. The van der Waals surface area contributed by atoms with Crippen LogP contribution in [0.4, 0.5) is 0 Å². The number of nitrogens with zero attached hydrogens (tertiary/aromatic N) is 1. The van der Waals surface area contributed by atoms with Gasteiger partial charge in [0.25, 0.3) is 0 Å². The lowest BCUT2D eigenvalue weighted by atomic mass is 10.1. The van der Waals surface area contributed by atoms with Crippen molar-refractivity contribution in [3.8, 4) is 0 Å². The van der Waals surface area contributed by atoms with E-state index in [0.717, 1.165) is 11.6 Å². The topological polar surface area (TPSA) is 50.9 Å². The molecule has 1 aromatic carbocycles. The molecule has 3 nitrogen and oxygen atoms in total. The van der Waals surface area contributed by atoms with Crippen molar-refractivity contribution >= 4 is 11.3 Å². The number of nitrogens with one attached hydrogen (secondary N) is 1. The van der Waals surface area contributed by atoms with Crippen molar-refractivity contribution < 1.29 is 0 Å². The van der Waals surface area contributed by atoms with E-state index >= 15 is 0 Å². The number of hydrogen-bond donors (Lipinski definition) is 2. The number of nitrogens with two attached hydrogens (primary N) is 1. The van der Waals surface area contributed by atoms with Gasteiger partial charge >= 0.3 is 0 Å². The second kappa shape index (κ2) is 6.28. The molecule has 0 aliphatic carbocycles. The third kappa shape index (κ3) is 3.86. The largest absolute Gasteiger partial charge is 0.323 e. The van der Waals surface area contributed by atoms with Gasteiger partial charge in [0.05, 0.1) is 6.04 Å². The van der Waals surface area contributed by atoms with Gasteiger partial charge in [-0.3, -0.25) is 0 Å². The molecule has 0 spiro atoms. The third-order valence-electron chi connectivity index (χ3n) is 3.16. The Bertz CT molecular complexity index is 518. The lowest BCUT2D eigenvalue weighted by molar-refractivity contribution is 0.525. The molecule has 0 aliphatic heterocycles. The van der Waals surface area contributed by atoms with Gasteiger partial charge in [0.2, 0.25) is 0 Å². The number of rotatable bonds is 5. The van der Waals surface area contributed by atoms with Gasteiger partial charge in [-0.1, -0.05) is 29.8 Å². The van der Waals surface area contributed by atoms with Crippen LogP contribution in [0.5, 0.6) is 0 Å². The van der Waals surface area contributed by atoms with Gasteiger partial charge in [0.1, 0.15) is 5.01 Å². The standard InChI is InChI=1S/C15H21N3S/c1-10-4-6-13(7-5-10)14(16)9-17-12(3)15-18-8-11(2)19-15/h4-8,12,14,17H,9,16H2,1-3H3. The van der Waals surface area contributed by atoms with E-state index in [1.165, 1.54) is 16.0 Å². The summed E-state index contributed by atoms with van der Waals surface area (Å²) in [5.74, 6) is 0. The van der Waals surface area contributed by atoms with Crippen LogP contribution >= 0.6 is 11.3 Å². The maximum Gasteiger partial charge on any atom is 0.109 e. The Morgan fingerprint density at radius 3 is 2.53 bits per heavy atom. The highest BCUT2D eigenvalue weighted by molar-refractivity contribution is 7.11. The predicted octanol–water partition coefficient (Wildman–Crippen LogP) is 3.11. The number of aryl methyl sites for hydroxylation is 2. The highest BCUT2D eigenvalue weighted by Crippen LogP contribution is 2.19. The number of aromatic nitrogens is 1. The molecule has 0 aliphatic rings. The Balaban J connectivity index is 1.89. The fourth-order valence-corrected chi connectivity index (χ4v) is 2.70. The van der Waals surface area contributed by atoms with Gasteiger partial charge in [-0.05, 0) is 26.3 Å². The summed E-state index contributed by atoms with van der Waals surface area (Å²) in [4.78, 5) is 5.64. The smallest absolute Gasteiger partial charge is 0.109 e. The molecule has 0 saturated heterocycles. The molecule has 19 heavy (non-hydrogen) atoms.